The number of hydrogen-bond donors (Lipinski definition) is 2. The van der Waals surface area contributed by atoms with E-state index in [1.165, 1.54) is 0 Å². The fourth-order valence-corrected chi connectivity index (χ4v) is 3.01. The molecular formula is C13H21N5S. The van der Waals surface area contributed by atoms with Crippen LogP contribution in [0.5, 0.6) is 0 Å². The highest BCUT2D eigenvalue weighted by molar-refractivity contribution is 7.16. The second-order valence-corrected chi connectivity index (χ2v) is 6.72. The minimum Gasteiger partial charge on any atom is -0.369 e. The molecule has 5 nitrogen and oxygen atoms in total. The monoisotopic (exact) mass is 279 g/mol. The van der Waals surface area contributed by atoms with Crippen LogP contribution in [0.4, 0.5) is 11.8 Å². The van der Waals surface area contributed by atoms with E-state index >= 15 is 0 Å². The molecule has 19 heavy (non-hydrogen) atoms. The van der Waals surface area contributed by atoms with Gasteiger partial charge in [0.15, 0.2) is 0 Å². The fraction of sp³-hybridized carbons (Fsp3) is 0.538. The molecule has 6 heteroatoms. The van der Waals surface area contributed by atoms with Crippen LogP contribution in [-0.2, 0) is 0 Å². The third-order valence-corrected chi connectivity index (χ3v) is 3.63. The first kappa shape index (κ1) is 14.0. The van der Waals surface area contributed by atoms with Gasteiger partial charge >= 0.3 is 0 Å². The SMILES string of the molecule is CN(C)CC(C)(C)CNc1nc(N)nc2sccc12. The summed E-state index contributed by atoms with van der Waals surface area (Å²) >= 11 is 1.58. The molecule has 0 saturated heterocycles. The number of rotatable bonds is 5. The molecule has 0 spiro atoms. The molecule has 3 N–H and O–H groups in total. The van der Waals surface area contributed by atoms with Gasteiger partial charge in [-0.1, -0.05) is 13.8 Å². The van der Waals surface area contributed by atoms with Gasteiger partial charge in [0.1, 0.15) is 10.6 Å². The number of anilines is 2. The van der Waals surface area contributed by atoms with E-state index in [0.717, 1.165) is 29.1 Å². The van der Waals surface area contributed by atoms with Crippen LogP contribution in [0, 0.1) is 5.41 Å². The predicted molar refractivity (Wildman–Crippen MR) is 82.7 cm³/mol. The molecule has 0 aliphatic carbocycles. The summed E-state index contributed by atoms with van der Waals surface area (Å²) in [6.45, 7) is 6.31. The van der Waals surface area contributed by atoms with Gasteiger partial charge in [0.2, 0.25) is 5.95 Å². The maximum Gasteiger partial charge on any atom is 0.223 e. The van der Waals surface area contributed by atoms with E-state index in [0.29, 0.717) is 5.95 Å². The van der Waals surface area contributed by atoms with Crippen molar-refractivity contribution in [3.8, 4) is 0 Å². The fourth-order valence-electron chi connectivity index (χ4n) is 2.24. The van der Waals surface area contributed by atoms with Crippen LogP contribution in [0.3, 0.4) is 0 Å². The smallest absolute Gasteiger partial charge is 0.223 e. The van der Waals surface area contributed by atoms with Gasteiger partial charge in [-0.15, -0.1) is 11.3 Å². The largest absolute Gasteiger partial charge is 0.369 e. The molecule has 0 saturated carbocycles. The first-order valence-electron chi connectivity index (χ1n) is 6.27. The molecule has 0 fully saturated rings. The highest BCUT2D eigenvalue weighted by Gasteiger charge is 2.19. The Morgan fingerprint density at radius 3 is 2.79 bits per heavy atom. The lowest BCUT2D eigenvalue weighted by Crippen LogP contribution is -2.34. The van der Waals surface area contributed by atoms with Gasteiger partial charge in [-0.05, 0) is 31.0 Å². The Hall–Kier alpha value is -1.40. The Balaban J connectivity index is 2.15. The van der Waals surface area contributed by atoms with Crippen molar-refractivity contribution in [3.63, 3.8) is 0 Å². The van der Waals surface area contributed by atoms with E-state index < -0.39 is 0 Å². The van der Waals surface area contributed by atoms with Gasteiger partial charge in [-0.2, -0.15) is 4.98 Å². The maximum atomic E-state index is 5.74. The zero-order valence-corrected chi connectivity index (χ0v) is 12.7. The molecule has 0 radical (unpaired) electrons. The standard InChI is InChI=1S/C13H21N5S/c1-13(2,8-18(3)4)7-15-10-9-5-6-19-11(9)17-12(14)16-10/h5-6H,7-8H2,1-4H3,(H3,14,15,16,17). The average molecular weight is 279 g/mol. The second-order valence-electron chi connectivity index (χ2n) is 5.83. The van der Waals surface area contributed by atoms with E-state index in [4.69, 9.17) is 5.73 Å². The van der Waals surface area contributed by atoms with Crippen molar-refractivity contribution >= 4 is 33.3 Å². The Bertz CT molecular complexity index is 561. The molecule has 0 amide bonds. The molecule has 0 aromatic carbocycles. The molecule has 0 aliphatic heterocycles. The topological polar surface area (TPSA) is 67.1 Å². The van der Waals surface area contributed by atoms with Crippen molar-refractivity contribution < 1.29 is 0 Å². The predicted octanol–water partition coefficient (Wildman–Crippen LogP) is 2.27. The van der Waals surface area contributed by atoms with Crippen molar-refractivity contribution in [3.05, 3.63) is 11.4 Å². The van der Waals surface area contributed by atoms with Gasteiger partial charge in [0, 0.05) is 13.1 Å². The summed E-state index contributed by atoms with van der Waals surface area (Å²) < 4.78 is 0. The summed E-state index contributed by atoms with van der Waals surface area (Å²) in [5.74, 6) is 1.15. The number of nitrogen functional groups attached to an aromatic ring is 1. The molecular weight excluding hydrogens is 258 g/mol. The third-order valence-electron chi connectivity index (χ3n) is 2.82. The van der Waals surface area contributed by atoms with Crippen molar-refractivity contribution in [2.75, 3.05) is 38.2 Å². The van der Waals surface area contributed by atoms with Gasteiger partial charge in [0.25, 0.3) is 0 Å². The summed E-state index contributed by atoms with van der Waals surface area (Å²) in [6.07, 6.45) is 0. The molecule has 0 atom stereocenters. The highest BCUT2D eigenvalue weighted by Crippen LogP contribution is 2.27. The molecule has 2 rings (SSSR count). The summed E-state index contributed by atoms with van der Waals surface area (Å²) in [4.78, 5) is 11.7. The number of thiophene rings is 1. The Morgan fingerprint density at radius 1 is 1.37 bits per heavy atom. The van der Waals surface area contributed by atoms with E-state index in [9.17, 15) is 0 Å². The molecule has 2 aromatic heterocycles. The summed E-state index contributed by atoms with van der Waals surface area (Å²) in [7, 11) is 4.17. The van der Waals surface area contributed by atoms with Gasteiger partial charge in [-0.3, -0.25) is 0 Å². The van der Waals surface area contributed by atoms with Crippen LogP contribution in [0.1, 0.15) is 13.8 Å². The van der Waals surface area contributed by atoms with Gasteiger partial charge in [0.05, 0.1) is 5.39 Å². The Kier molecular flexibility index (Phi) is 3.91. The van der Waals surface area contributed by atoms with Crippen LogP contribution in [-0.4, -0.2) is 42.1 Å². The quantitative estimate of drug-likeness (QED) is 0.879. The summed E-state index contributed by atoms with van der Waals surface area (Å²) in [5.41, 5.74) is 5.90. The number of hydrogen-bond acceptors (Lipinski definition) is 6. The molecule has 2 aromatic rings. The minimum atomic E-state index is 0.158. The highest BCUT2D eigenvalue weighted by atomic mass is 32.1. The lowest BCUT2D eigenvalue weighted by Gasteiger charge is -2.28. The van der Waals surface area contributed by atoms with E-state index in [1.807, 2.05) is 11.4 Å². The average Bonchev–Trinajstić information content (AvgIpc) is 2.71. The maximum absolute atomic E-state index is 5.74. The Morgan fingerprint density at radius 2 is 2.11 bits per heavy atom. The first-order chi connectivity index (χ1) is 8.87. The van der Waals surface area contributed by atoms with Gasteiger partial charge in [-0.25, -0.2) is 4.98 Å². The summed E-state index contributed by atoms with van der Waals surface area (Å²) in [6, 6.07) is 2.03. The van der Waals surface area contributed by atoms with Crippen molar-refractivity contribution in [1.29, 1.82) is 0 Å². The van der Waals surface area contributed by atoms with Crippen LogP contribution in [0.15, 0.2) is 11.4 Å². The number of aromatic nitrogens is 2. The van der Waals surface area contributed by atoms with Crippen molar-refractivity contribution in [2.45, 2.75) is 13.8 Å². The van der Waals surface area contributed by atoms with Crippen molar-refractivity contribution in [1.82, 2.24) is 14.9 Å². The molecule has 104 valence electrons. The number of nitrogens with two attached hydrogens (primary N) is 1. The summed E-state index contributed by atoms with van der Waals surface area (Å²) in [5, 5.41) is 6.46. The first-order valence-corrected chi connectivity index (χ1v) is 7.15. The number of nitrogens with zero attached hydrogens (tertiary/aromatic N) is 3. The van der Waals surface area contributed by atoms with Crippen LogP contribution < -0.4 is 11.1 Å². The zero-order valence-electron chi connectivity index (χ0n) is 11.9. The van der Waals surface area contributed by atoms with E-state index in [1.54, 1.807) is 11.3 Å². The molecule has 2 heterocycles. The number of nitrogens with one attached hydrogen (secondary N) is 1. The van der Waals surface area contributed by atoms with Crippen molar-refractivity contribution in [2.24, 2.45) is 5.41 Å². The lowest BCUT2D eigenvalue weighted by atomic mass is 9.93. The van der Waals surface area contributed by atoms with E-state index in [-0.39, 0.29) is 5.41 Å². The molecule has 0 bridgehead atoms. The number of fused-ring (bicyclic) bond motifs is 1. The van der Waals surface area contributed by atoms with E-state index in [2.05, 4.69) is 48.1 Å². The third kappa shape index (κ3) is 3.54. The van der Waals surface area contributed by atoms with Gasteiger partial charge < -0.3 is 16.0 Å². The second kappa shape index (κ2) is 5.30. The molecule has 0 aliphatic rings. The lowest BCUT2D eigenvalue weighted by molar-refractivity contribution is 0.254. The normalized spacial score (nSPS) is 12.3. The minimum absolute atomic E-state index is 0.158. The van der Waals surface area contributed by atoms with Crippen LogP contribution >= 0.6 is 11.3 Å². The Labute approximate surface area is 117 Å². The molecule has 0 unspecified atom stereocenters. The zero-order chi connectivity index (χ0) is 14.0. The van der Waals surface area contributed by atoms with Crippen LogP contribution in [0.2, 0.25) is 0 Å². The van der Waals surface area contributed by atoms with Crippen LogP contribution in [0.25, 0.3) is 10.2 Å².